The van der Waals surface area contributed by atoms with Crippen molar-refractivity contribution in [2.24, 2.45) is 0 Å². The standard InChI is InChI=1S/C14H19IO3/c1-2-11-8-12(16)14(17)13(18-11)7-9-3-5-10(15)6-4-9/h3-6,11-14,16-17H,2,7-8H2,1H3/t11-,12+,13-,14?/m1/s1. The Kier molecular flexibility index (Phi) is 5.00. The van der Waals surface area contributed by atoms with Gasteiger partial charge in [0.2, 0.25) is 0 Å². The molecule has 1 saturated heterocycles. The molecule has 1 aromatic rings. The van der Waals surface area contributed by atoms with Crippen LogP contribution in [0.4, 0.5) is 0 Å². The number of halogens is 1. The Hall–Kier alpha value is -0.170. The molecule has 2 rings (SSSR count). The monoisotopic (exact) mass is 362 g/mol. The molecule has 1 aliphatic heterocycles. The lowest BCUT2D eigenvalue weighted by Crippen LogP contribution is -2.48. The molecule has 18 heavy (non-hydrogen) atoms. The Morgan fingerprint density at radius 2 is 1.94 bits per heavy atom. The van der Waals surface area contributed by atoms with Gasteiger partial charge in [0, 0.05) is 16.4 Å². The van der Waals surface area contributed by atoms with E-state index in [9.17, 15) is 10.2 Å². The lowest BCUT2D eigenvalue weighted by atomic mass is 9.93. The molecule has 3 nitrogen and oxygen atoms in total. The number of aliphatic hydroxyl groups excluding tert-OH is 2. The molecule has 1 aliphatic rings. The second-order valence-corrected chi connectivity index (χ2v) is 6.07. The maximum Gasteiger partial charge on any atom is 0.106 e. The number of aliphatic hydroxyl groups is 2. The van der Waals surface area contributed by atoms with Crippen LogP contribution in [0.2, 0.25) is 0 Å². The van der Waals surface area contributed by atoms with E-state index in [1.165, 1.54) is 3.57 Å². The maximum atomic E-state index is 9.99. The van der Waals surface area contributed by atoms with E-state index in [-0.39, 0.29) is 12.2 Å². The molecule has 0 aromatic heterocycles. The third kappa shape index (κ3) is 3.44. The highest BCUT2D eigenvalue weighted by Gasteiger charge is 2.35. The summed E-state index contributed by atoms with van der Waals surface area (Å²) < 4.78 is 7.03. The summed E-state index contributed by atoms with van der Waals surface area (Å²) in [4.78, 5) is 0. The first-order valence-corrected chi connectivity index (χ1v) is 7.44. The summed E-state index contributed by atoms with van der Waals surface area (Å²) in [7, 11) is 0. The number of hydrogen-bond acceptors (Lipinski definition) is 3. The van der Waals surface area contributed by atoms with E-state index in [0.29, 0.717) is 12.8 Å². The molecule has 0 amide bonds. The molecule has 1 heterocycles. The van der Waals surface area contributed by atoms with Crippen molar-refractivity contribution < 1.29 is 14.9 Å². The SMILES string of the molecule is CC[C@@H]1C[C@H](O)C(O)[C@@H](Cc2ccc(I)cc2)O1. The van der Waals surface area contributed by atoms with E-state index >= 15 is 0 Å². The fourth-order valence-corrected chi connectivity index (χ4v) is 2.68. The second kappa shape index (κ2) is 6.32. The largest absolute Gasteiger partial charge is 0.390 e. The predicted molar refractivity (Wildman–Crippen MR) is 78.4 cm³/mol. The van der Waals surface area contributed by atoms with E-state index in [4.69, 9.17) is 4.74 Å². The Balaban J connectivity index is 2.04. The maximum absolute atomic E-state index is 9.99. The van der Waals surface area contributed by atoms with Gasteiger partial charge in [-0.15, -0.1) is 0 Å². The molecule has 4 atom stereocenters. The van der Waals surface area contributed by atoms with Gasteiger partial charge in [0.1, 0.15) is 6.10 Å². The number of rotatable bonds is 3. The zero-order chi connectivity index (χ0) is 13.1. The van der Waals surface area contributed by atoms with Crippen LogP contribution in [0, 0.1) is 3.57 Å². The van der Waals surface area contributed by atoms with Gasteiger partial charge in [-0.1, -0.05) is 19.1 Å². The van der Waals surface area contributed by atoms with Gasteiger partial charge in [0.25, 0.3) is 0 Å². The Morgan fingerprint density at radius 3 is 2.56 bits per heavy atom. The molecule has 1 unspecified atom stereocenters. The molecule has 0 saturated carbocycles. The average Bonchev–Trinajstić information content (AvgIpc) is 2.37. The molecule has 100 valence electrons. The van der Waals surface area contributed by atoms with Crippen LogP contribution in [0.3, 0.4) is 0 Å². The van der Waals surface area contributed by atoms with Gasteiger partial charge >= 0.3 is 0 Å². The third-order valence-corrected chi connectivity index (χ3v) is 4.17. The Morgan fingerprint density at radius 1 is 1.28 bits per heavy atom. The summed E-state index contributed by atoms with van der Waals surface area (Å²) in [6, 6.07) is 8.16. The summed E-state index contributed by atoms with van der Waals surface area (Å²) in [5.41, 5.74) is 1.13. The van der Waals surface area contributed by atoms with Crippen LogP contribution in [0.1, 0.15) is 25.3 Å². The first-order valence-electron chi connectivity index (χ1n) is 6.36. The highest BCUT2D eigenvalue weighted by Crippen LogP contribution is 2.25. The molecule has 2 N–H and O–H groups in total. The van der Waals surface area contributed by atoms with E-state index in [0.717, 1.165) is 12.0 Å². The number of benzene rings is 1. The third-order valence-electron chi connectivity index (χ3n) is 3.45. The molecular formula is C14H19IO3. The summed E-state index contributed by atoms with van der Waals surface area (Å²) in [5.74, 6) is 0. The van der Waals surface area contributed by atoms with Crippen LogP contribution >= 0.6 is 22.6 Å². The molecule has 4 heteroatoms. The van der Waals surface area contributed by atoms with Gasteiger partial charge in [0.15, 0.2) is 0 Å². The summed E-state index contributed by atoms with van der Waals surface area (Å²) >= 11 is 2.26. The molecule has 0 radical (unpaired) electrons. The van der Waals surface area contributed by atoms with Crippen molar-refractivity contribution >= 4 is 22.6 Å². The van der Waals surface area contributed by atoms with E-state index in [2.05, 4.69) is 22.6 Å². The fourth-order valence-electron chi connectivity index (χ4n) is 2.32. The predicted octanol–water partition coefficient (Wildman–Crippen LogP) is 2.12. The highest BCUT2D eigenvalue weighted by atomic mass is 127. The van der Waals surface area contributed by atoms with Crippen LogP contribution in [0.5, 0.6) is 0 Å². The smallest absolute Gasteiger partial charge is 0.106 e. The van der Waals surface area contributed by atoms with E-state index < -0.39 is 12.2 Å². The van der Waals surface area contributed by atoms with Crippen LogP contribution < -0.4 is 0 Å². The van der Waals surface area contributed by atoms with Crippen molar-refractivity contribution in [2.45, 2.75) is 50.6 Å². The Labute approximate surface area is 121 Å². The van der Waals surface area contributed by atoms with Crippen LogP contribution in [-0.2, 0) is 11.2 Å². The zero-order valence-electron chi connectivity index (χ0n) is 10.4. The van der Waals surface area contributed by atoms with Gasteiger partial charge in [-0.2, -0.15) is 0 Å². The normalized spacial score (nSPS) is 32.4. The average molecular weight is 362 g/mol. The van der Waals surface area contributed by atoms with Crippen molar-refractivity contribution in [1.82, 2.24) is 0 Å². The molecule has 0 bridgehead atoms. The van der Waals surface area contributed by atoms with Gasteiger partial charge in [0.05, 0.1) is 18.3 Å². The van der Waals surface area contributed by atoms with Crippen molar-refractivity contribution in [3.63, 3.8) is 0 Å². The van der Waals surface area contributed by atoms with Crippen molar-refractivity contribution in [2.75, 3.05) is 0 Å². The second-order valence-electron chi connectivity index (χ2n) is 4.83. The Bertz CT molecular complexity index is 379. The lowest BCUT2D eigenvalue weighted by Gasteiger charge is -2.37. The topological polar surface area (TPSA) is 49.7 Å². The van der Waals surface area contributed by atoms with E-state index in [1.54, 1.807) is 0 Å². The van der Waals surface area contributed by atoms with Gasteiger partial charge in [-0.3, -0.25) is 0 Å². The highest BCUT2D eigenvalue weighted by molar-refractivity contribution is 14.1. The van der Waals surface area contributed by atoms with Crippen molar-refractivity contribution in [3.05, 3.63) is 33.4 Å². The fraction of sp³-hybridized carbons (Fsp3) is 0.571. The lowest BCUT2D eigenvalue weighted by molar-refractivity contribution is -0.167. The zero-order valence-corrected chi connectivity index (χ0v) is 12.6. The number of hydrogen-bond donors (Lipinski definition) is 2. The van der Waals surface area contributed by atoms with Crippen LogP contribution in [-0.4, -0.2) is 34.6 Å². The minimum absolute atomic E-state index is 0.0530. The number of ether oxygens (including phenoxy) is 1. The van der Waals surface area contributed by atoms with Gasteiger partial charge in [-0.25, -0.2) is 0 Å². The summed E-state index contributed by atoms with van der Waals surface area (Å²) in [6.07, 6.45) is 0.333. The van der Waals surface area contributed by atoms with Crippen LogP contribution in [0.25, 0.3) is 0 Å². The first-order chi connectivity index (χ1) is 8.60. The molecule has 1 fully saturated rings. The van der Waals surface area contributed by atoms with Gasteiger partial charge < -0.3 is 14.9 Å². The summed E-state index contributed by atoms with van der Waals surface area (Å²) in [6.45, 7) is 2.04. The molecular weight excluding hydrogens is 343 g/mol. The molecule has 1 aromatic carbocycles. The van der Waals surface area contributed by atoms with Crippen LogP contribution in [0.15, 0.2) is 24.3 Å². The van der Waals surface area contributed by atoms with Crippen molar-refractivity contribution in [1.29, 1.82) is 0 Å². The van der Waals surface area contributed by atoms with E-state index in [1.807, 2.05) is 31.2 Å². The molecule has 0 aliphatic carbocycles. The minimum Gasteiger partial charge on any atom is -0.390 e. The summed E-state index contributed by atoms with van der Waals surface area (Å²) in [5, 5.41) is 19.8. The van der Waals surface area contributed by atoms with Gasteiger partial charge in [-0.05, 0) is 46.7 Å². The minimum atomic E-state index is -0.785. The molecule has 0 spiro atoms. The quantitative estimate of drug-likeness (QED) is 0.810. The first kappa shape index (κ1) is 14.2. The van der Waals surface area contributed by atoms with Crippen molar-refractivity contribution in [3.8, 4) is 0 Å².